The van der Waals surface area contributed by atoms with E-state index in [1.165, 1.54) is 29.2 Å². The molecular weight excluding hydrogens is 456 g/mol. The predicted molar refractivity (Wildman–Crippen MR) is 115 cm³/mol. The van der Waals surface area contributed by atoms with Crippen LogP contribution >= 0.6 is 0 Å². The zero-order chi connectivity index (χ0) is 23.8. The summed E-state index contributed by atoms with van der Waals surface area (Å²) in [6, 6.07) is 9.56. The summed E-state index contributed by atoms with van der Waals surface area (Å²) in [4.78, 5) is 26.2. The molecule has 11 heteroatoms. The molecule has 1 fully saturated rings. The normalized spacial score (nSPS) is 15.9. The summed E-state index contributed by atoms with van der Waals surface area (Å²) in [6.45, 7) is 0.00435. The summed E-state index contributed by atoms with van der Waals surface area (Å²) in [6.07, 6.45) is 1.69. The minimum absolute atomic E-state index is 0.0231. The van der Waals surface area contributed by atoms with Gasteiger partial charge in [-0.15, -0.1) is 0 Å². The van der Waals surface area contributed by atoms with Crippen LogP contribution in [-0.4, -0.2) is 57.5 Å². The number of rotatable bonds is 10. The first-order valence-corrected chi connectivity index (χ1v) is 11.9. The van der Waals surface area contributed by atoms with E-state index < -0.39 is 40.0 Å². The number of benzene rings is 2. The molecule has 0 bridgehead atoms. The topological polar surface area (TPSA) is 105 Å². The number of nitrogens with one attached hydrogen (secondary N) is 2. The molecule has 2 amide bonds. The van der Waals surface area contributed by atoms with Gasteiger partial charge in [-0.25, -0.2) is 21.9 Å². The third-order valence-electron chi connectivity index (χ3n) is 5.06. The molecule has 1 aliphatic heterocycles. The van der Waals surface area contributed by atoms with Gasteiger partial charge in [0.1, 0.15) is 11.6 Å². The minimum Gasteiger partial charge on any atom is -0.376 e. The van der Waals surface area contributed by atoms with Crippen LogP contribution in [0.15, 0.2) is 53.4 Å². The van der Waals surface area contributed by atoms with Crippen LogP contribution in [0.25, 0.3) is 0 Å². The van der Waals surface area contributed by atoms with Gasteiger partial charge in [0.25, 0.3) is 0 Å². The Labute approximate surface area is 191 Å². The highest BCUT2D eigenvalue weighted by molar-refractivity contribution is 7.89. The molecular formula is C22H25F2N3O5S. The van der Waals surface area contributed by atoms with E-state index in [1.807, 2.05) is 0 Å². The second-order valence-corrected chi connectivity index (χ2v) is 9.36. The summed E-state index contributed by atoms with van der Waals surface area (Å²) in [5, 5.41) is 2.72. The molecule has 0 radical (unpaired) electrons. The van der Waals surface area contributed by atoms with Gasteiger partial charge in [-0.2, -0.15) is 0 Å². The van der Waals surface area contributed by atoms with Gasteiger partial charge in [-0.05, 0) is 54.8 Å². The van der Waals surface area contributed by atoms with Gasteiger partial charge in [0.15, 0.2) is 0 Å². The SMILES string of the molecule is O=C(CN(Cc1ccc(F)cc1)C(=O)CNS(=O)(=O)c1ccc(F)cc1)NC[C@@H]1CCCO1. The smallest absolute Gasteiger partial charge is 0.241 e. The van der Waals surface area contributed by atoms with Crippen molar-refractivity contribution in [3.05, 3.63) is 65.7 Å². The number of sulfonamides is 1. The molecule has 0 unspecified atom stereocenters. The molecule has 2 aromatic carbocycles. The Balaban J connectivity index is 1.64. The van der Waals surface area contributed by atoms with Crippen LogP contribution < -0.4 is 10.0 Å². The second kappa shape index (κ2) is 11.3. The lowest BCUT2D eigenvalue weighted by atomic mass is 10.2. The first kappa shape index (κ1) is 24.7. The molecule has 0 saturated carbocycles. The van der Waals surface area contributed by atoms with Gasteiger partial charge in [-0.3, -0.25) is 9.59 Å². The van der Waals surface area contributed by atoms with Gasteiger partial charge in [-0.1, -0.05) is 12.1 Å². The molecule has 0 aliphatic carbocycles. The lowest BCUT2D eigenvalue weighted by Gasteiger charge is -2.23. The quantitative estimate of drug-likeness (QED) is 0.536. The van der Waals surface area contributed by atoms with Crippen LogP contribution in [-0.2, 0) is 30.9 Å². The van der Waals surface area contributed by atoms with E-state index in [0.29, 0.717) is 18.7 Å². The predicted octanol–water partition coefficient (Wildman–Crippen LogP) is 1.57. The molecule has 33 heavy (non-hydrogen) atoms. The average Bonchev–Trinajstić information content (AvgIpc) is 3.31. The van der Waals surface area contributed by atoms with Crippen LogP contribution in [0.2, 0.25) is 0 Å². The summed E-state index contributed by atoms with van der Waals surface area (Å²) in [5.74, 6) is -2.12. The largest absolute Gasteiger partial charge is 0.376 e. The maximum atomic E-state index is 13.2. The Morgan fingerprint density at radius 1 is 1.03 bits per heavy atom. The third kappa shape index (κ3) is 7.58. The molecule has 3 rings (SSSR count). The zero-order valence-electron chi connectivity index (χ0n) is 17.8. The Kier molecular flexibility index (Phi) is 8.48. The lowest BCUT2D eigenvalue weighted by molar-refractivity contribution is -0.135. The van der Waals surface area contributed by atoms with E-state index >= 15 is 0 Å². The van der Waals surface area contributed by atoms with Gasteiger partial charge >= 0.3 is 0 Å². The Bertz CT molecular complexity index is 1060. The van der Waals surface area contributed by atoms with E-state index in [1.54, 1.807) is 0 Å². The van der Waals surface area contributed by atoms with E-state index in [9.17, 15) is 26.8 Å². The van der Waals surface area contributed by atoms with Crippen LogP contribution in [0.4, 0.5) is 8.78 Å². The molecule has 2 N–H and O–H groups in total. The molecule has 1 atom stereocenters. The number of amides is 2. The maximum Gasteiger partial charge on any atom is 0.241 e. The molecule has 0 aromatic heterocycles. The number of carbonyl (C=O) groups is 2. The molecule has 1 saturated heterocycles. The summed E-state index contributed by atoms with van der Waals surface area (Å²) in [7, 11) is -4.06. The highest BCUT2D eigenvalue weighted by atomic mass is 32.2. The van der Waals surface area contributed by atoms with Crippen LogP contribution in [0.1, 0.15) is 18.4 Å². The summed E-state index contributed by atoms with van der Waals surface area (Å²) >= 11 is 0. The van der Waals surface area contributed by atoms with Crippen molar-refractivity contribution < 1.29 is 31.5 Å². The summed E-state index contributed by atoms with van der Waals surface area (Å²) in [5.41, 5.74) is 0.568. The Hall–Kier alpha value is -2.89. The molecule has 2 aromatic rings. The van der Waals surface area contributed by atoms with E-state index in [4.69, 9.17) is 4.74 Å². The first-order valence-electron chi connectivity index (χ1n) is 10.4. The minimum atomic E-state index is -4.06. The fraction of sp³-hybridized carbons (Fsp3) is 0.364. The maximum absolute atomic E-state index is 13.2. The fourth-order valence-electron chi connectivity index (χ4n) is 3.27. The van der Waals surface area contributed by atoms with E-state index in [-0.39, 0.29) is 24.1 Å². The van der Waals surface area contributed by atoms with Gasteiger partial charge in [0.2, 0.25) is 21.8 Å². The van der Waals surface area contributed by atoms with Crippen molar-refractivity contribution >= 4 is 21.8 Å². The van der Waals surface area contributed by atoms with Crippen LogP contribution in [0.3, 0.4) is 0 Å². The third-order valence-corrected chi connectivity index (χ3v) is 6.48. The Morgan fingerprint density at radius 3 is 2.27 bits per heavy atom. The van der Waals surface area contributed by atoms with Gasteiger partial charge < -0.3 is 15.0 Å². The fourth-order valence-corrected chi connectivity index (χ4v) is 4.24. The van der Waals surface area contributed by atoms with E-state index in [0.717, 1.165) is 37.1 Å². The van der Waals surface area contributed by atoms with Crippen molar-refractivity contribution in [1.29, 1.82) is 0 Å². The van der Waals surface area contributed by atoms with Crippen LogP contribution in [0.5, 0.6) is 0 Å². The van der Waals surface area contributed by atoms with Crippen molar-refractivity contribution in [2.75, 3.05) is 26.2 Å². The number of nitrogens with zero attached hydrogens (tertiary/aromatic N) is 1. The van der Waals surface area contributed by atoms with Crippen LogP contribution in [0, 0.1) is 11.6 Å². The van der Waals surface area contributed by atoms with Gasteiger partial charge in [0, 0.05) is 19.7 Å². The number of halogens is 2. The molecule has 1 heterocycles. The monoisotopic (exact) mass is 481 g/mol. The molecule has 0 spiro atoms. The van der Waals surface area contributed by atoms with Crippen molar-refractivity contribution in [2.45, 2.75) is 30.4 Å². The van der Waals surface area contributed by atoms with Crippen molar-refractivity contribution in [3.8, 4) is 0 Å². The Morgan fingerprint density at radius 2 is 1.67 bits per heavy atom. The van der Waals surface area contributed by atoms with Crippen molar-refractivity contribution in [3.63, 3.8) is 0 Å². The first-order chi connectivity index (χ1) is 15.7. The second-order valence-electron chi connectivity index (χ2n) is 7.59. The summed E-state index contributed by atoms with van der Waals surface area (Å²) < 4.78 is 58.7. The number of ether oxygens (including phenoxy) is 1. The number of hydrogen-bond acceptors (Lipinski definition) is 5. The zero-order valence-corrected chi connectivity index (χ0v) is 18.6. The molecule has 1 aliphatic rings. The lowest BCUT2D eigenvalue weighted by Crippen LogP contribution is -2.45. The average molecular weight is 482 g/mol. The standard InChI is InChI=1S/C22H25F2N3O5S/c23-17-5-3-16(4-6-17)14-27(15-21(28)25-12-19-2-1-11-32-19)22(29)13-26-33(30,31)20-9-7-18(24)8-10-20/h3-10,19,26H,1-2,11-15H2,(H,25,28)/t19-/m0/s1. The highest BCUT2D eigenvalue weighted by Crippen LogP contribution is 2.12. The molecule has 8 nitrogen and oxygen atoms in total. The van der Waals surface area contributed by atoms with E-state index in [2.05, 4.69) is 10.0 Å². The van der Waals surface area contributed by atoms with Crippen molar-refractivity contribution in [1.82, 2.24) is 14.9 Å². The number of carbonyl (C=O) groups excluding carboxylic acids is 2. The van der Waals surface area contributed by atoms with Gasteiger partial charge in [0.05, 0.1) is 24.1 Å². The number of hydrogen-bond donors (Lipinski definition) is 2. The molecule has 178 valence electrons. The highest BCUT2D eigenvalue weighted by Gasteiger charge is 2.22. The van der Waals surface area contributed by atoms with Crippen molar-refractivity contribution in [2.24, 2.45) is 0 Å².